The first-order valence-corrected chi connectivity index (χ1v) is 4.35. The van der Waals surface area contributed by atoms with E-state index in [1.54, 1.807) is 0 Å². The van der Waals surface area contributed by atoms with Crippen LogP contribution in [0.1, 0.15) is 40.5 Å². The summed E-state index contributed by atoms with van der Waals surface area (Å²) in [5.74, 6) is 1.45. The summed E-state index contributed by atoms with van der Waals surface area (Å²) in [4.78, 5) is 0. The number of hydrogen-bond acceptors (Lipinski definition) is 1. The van der Waals surface area contributed by atoms with Gasteiger partial charge in [-0.05, 0) is 18.8 Å². The molecule has 3 atom stereocenters. The molecule has 0 amide bonds. The lowest BCUT2D eigenvalue weighted by molar-refractivity contribution is 0.318. The molecule has 0 bridgehead atoms. The van der Waals surface area contributed by atoms with E-state index in [2.05, 4.69) is 27.7 Å². The molecule has 0 heterocycles. The summed E-state index contributed by atoms with van der Waals surface area (Å²) in [5, 5.41) is 0. The smallest absolute Gasteiger partial charge is 0.00386 e. The molecular weight excluding hydrogens is 122 g/mol. The highest BCUT2D eigenvalue weighted by Gasteiger charge is 2.14. The lowest BCUT2D eigenvalue weighted by Gasteiger charge is -2.22. The topological polar surface area (TPSA) is 26.0 Å². The van der Waals surface area contributed by atoms with Gasteiger partial charge in [0.25, 0.3) is 0 Å². The van der Waals surface area contributed by atoms with Gasteiger partial charge < -0.3 is 5.73 Å². The third-order valence-corrected chi connectivity index (χ3v) is 2.47. The van der Waals surface area contributed by atoms with Crippen molar-refractivity contribution in [2.75, 3.05) is 0 Å². The van der Waals surface area contributed by atoms with Crippen LogP contribution in [0.3, 0.4) is 0 Å². The zero-order chi connectivity index (χ0) is 8.15. The Morgan fingerprint density at radius 1 is 1.20 bits per heavy atom. The van der Waals surface area contributed by atoms with E-state index in [9.17, 15) is 0 Å². The van der Waals surface area contributed by atoms with Crippen LogP contribution in [0, 0.1) is 11.8 Å². The molecule has 1 unspecified atom stereocenters. The third kappa shape index (κ3) is 3.21. The Labute approximate surface area is 65.0 Å². The summed E-state index contributed by atoms with van der Waals surface area (Å²) in [7, 11) is 0. The highest BCUT2D eigenvalue weighted by molar-refractivity contribution is 4.69. The van der Waals surface area contributed by atoms with Crippen molar-refractivity contribution in [1.29, 1.82) is 0 Å². The minimum absolute atomic E-state index is 0.349. The molecule has 1 nitrogen and oxygen atoms in total. The molecule has 0 rings (SSSR count). The van der Waals surface area contributed by atoms with Crippen LogP contribution >= 0.6 is 0 Å². The summed E-state index contributed by atoms with van der Waals surface area (Å²) in [5.41, 5.74) is 5.77. The van der Waals surface area contributed by atoms with Gasteiger partial charge in [-0.3, -0.25) is 0 Å². The second-order valence-electron chi connectivity index (χ2n) is 3.48. The maximum absolute atomic E-state index is 5.77. The molecule has 0 aromatic rings. The fraction of sp³-hybridized carbons (Fsp3) is 1.00. The fourth-order valence-electron chi connectivity index (χ4n) is 1.24. The zero-order valence-electron chi connectivity index (χ0n) is 7.72. The monoisotopic (exact) mass is 143 g/mol. The second kappa shape index (κ2) is 4.73. The van der Waals surface area contributed by atoms with Crippen molar-refractivity contribution in [3.8, 4) is 0 Å². The fourth-order valence-corrected chi connectivity index (χ4v) is 1.24. The van der Waals surface area contributed by atoms with Crippen molar-refractivity contribution in [2.24, 2.45) is 17.6 Å². The van der Waals surface area contributed by atoms with Gasteiger partial charge >= 0.3 is 0 Å². The van der Waals surface area contributed by atoms with Gasteiger partial charge in [0, 0.05) is 6.04 Å². The van der Waals surface area contributed by atoms with Crippen LogP contribution in [0.2, 0.25) is 0 Å². The predicted octanol–water partition coefficient (Wildman–Crippen LogP) is 2.41. The maximum atomic E-state index is 5.77. The number of rotatable bonds is 4. The Balaban J connectivity index is 3.58. The minimum atomic E-state index is 0.349. The zero-order valence-corrected chi connectivity index (χ0v) is 7.72. The predicted molar refractivity (Wildman–Crippen MR) is 46.9 cm³/mol. The largest absolute Gasteiger partial charge is 0.328 e. The molecule has 10 heavy (non-hydrogen) atoms. The van der Waals surface area contributed by atoms with E-state index >= 15 is 0 Å². The molecule has 0 aliphatic heterocycles. The van der Waals surface area contributed by atoms with E-state index in [-0.39, 0.29) is 0 Å². The van der Waals surface area contributed by atoms with E-state index in [1.807, 2.05) is 0 Å². The van der Waals surface area contributed by atoms with Crippen molar-refractivity contribution < 1.29 is 0 Å². The van der Waals surface area contributed by atoms with Crippen molar-refractivity contribution in [3.63, 3.8) is 0 Å². The average molecular weight is 143 g/mol. The first kappa shape index (κ1) is 9.96. The highest BCUT2D eigenvalue weighted by atomic mass is 14.6. The molecule has 62 valence electrons. The van der Waals surface area contributed by atoms with Crippen LogP contribution < -0.4 is 5.73 Å². The van der Waals surface area contributed by atoms with Crippen LogP contribution in [0.25, 0.3) is 0 Å². The molecule has 0 aromatic heterocycles. The molecule has 0 spiro atoms. The SMILES string of the molecule is CCC[C@@H](C)C(C)[C@@H](C)N. The Morgan fingerprint density at radius 3 is 2.00 bits per heavy atom. The number of nitrogens with two attached hydrogens (primary N) is 1. The van der Waals surface area contributed by atoms with Crippen LogP contribution in [-0.2, 0) is 0 Å². The van der Waals surface area contributed by atoms with Crippen molar-refractivity contribution in [2.45, 2.75) is 46.6 Å². The van der Waals surface area contributed by atoms with E-state index < -0.39 is 0 Å². The molecular formula is C9H21N. The van der Waals surface area contributed by atoms with Crippen molar-refractivity contribution in [3.05, 3.63) is 0 Å². The highest BCUT2D eigenvalue weighted by Crippen LogP contribution is 2.18. The standard InChI is InChI=1S/C9H21N/c1-5-6-7(2)8(3)9(4)10/h7-9H,5-6,10H2,1-4H3/t7-,8?,9-/m1/s1. The van der Waals surface area contributed by atoms with Gasteiger partial charge in [-0.15, -0.1) is 0 Å². The lowest BCUT2D eigenvalue weighted by atomic mass is 9.87. The van der Waals surface area contributed by atoms with Gasteiger partial charge in [-0.25, -0.2) is 0 Å². The van der Waals surface area contributed by atoms with Gasteiger partial charge in [0.2, 0.25) is 0 Å². The van der Waals surface area contributed by atoms with Crippen LogP contribution in [-0.4, -0.2) is 6.04 Å². The summed E-state index contributed by atoms with van der Waals surface area (Å²) < 4.78 is 0. The van der Waals surface area contributed by atoms with Crippen LogP contribution in [0.4, 0.5) is 0 Å². The van der Waals surface area contributed by atoms with E-state index in [1.165, 1.54) is 12.8 Å². The van der Waals surface area contributed by atoms with Crippen LogP contribution in [0.15, 0.2) is 0 Å². The third-order valence-electron chi connectivity index (χ3n) is 2.47. The molecule has 0 aliphatic carbocycles. The van der Waals surface area contributed by atoms with E-state index in [4.69, 9.17) is 5.73 Å². The van der Waals surface area contributed by atoms with Gasteiger partial charge in [0.1, 0.15) is 0 Å². The van der Waals surface area contributed by atoms with Crippen molar-refractivity contribution >= 4 is 0 Å². The maximum Gasteiger partial charge on any atom is 0.00386 e. The van der Waals surface area contributed by atoms with Crippen molar-refractivity contribution in [1.82, 2.24) is 0 Å². The van der Waals surface area contributed by atoms with E-state index in [0.29, 0.717) is 12.0 Å². The summed E-state index contributed by atoms with van der Waals surface area (Å²) in [6, 6.07) is 0.349. The molecule has 1 heteroatoms. The van der Waals surface area contributed by atoms with Crippen LogP contribution in [0.5, 0.6) is 0 Å². The van der Waals surface area contributed by atoms with Gasteiger partial charge in [-0.1, -0.05) is 33.6 Å². The molecule has 0 aromatic carbocycles. The second-order valence-corrected chi connectivity index (χ2v) is 3.48. The molecule has 2 N–H and O–H groups in total. The minimum Gasteiger partial charge on any atom is -0.328 e. The summed E-state index contributed by atoms with van der Waals surface area (Å²) in [6.07, 6.45) is 2.58. The van der Waals surface area contributed by atoms with Gasteiger partial charge in [0.05, 0.1) is 0 Å². The quantitative estimate of drug-likeness (QED) is 0.642. The molecule has 0 saturated heterocycles. The Morgan fingerprint density at radius 2 is 1.70 bits per heavy atom. The Kier molecular flexibility index (Phi) is 4.71. The lowest BCUT2D eigenvalue weighted by Crippen LogP contribution is -2.28. The Hall–Kier alpha value is -0.0400. The Bertz CT molecular complexity index is 78.8. The summed E-state index contributed by atoms with van der Waals surface area (Å²) >= 11 is 0. The van der Waals surface area contributed by atoms with Gasteiger partial charge in [0.15, 0.2) is 0 Å². The molecule has 0 aliphatic rings. The van der Waals surface area contributed by atoms with Gasteiger partial charge in [-0.2, -0.15) is 0 Å². The first-order chi connectivity index (χ1) is 4.59. The molecule has 0 radical (unpaired) electrons. The molecule has 0 saturated carbocycles. The van der Waals surface area contributed by atoms with E-state index in [0.717, 1.165) is 5.92 Å². The normalized spacial score (nSPS) is 20.1. The number of hydrogen-bond donors (Lipinski definition) is 1. The first-order valence-electron chi connectivity index (χ1n) is 4.35. The summed E-state index contributed by atoms with van der Waals surface area (Å²) in [6.45, 7) is 8.85. The average Bonchev–Trinajstić information content (AvgIpc) is 1.87. The molecule has 0 fully saturated rings.